The van der Waals surface area contributed by atoms with Gasteiger partial charge in [0.15, 0.2) is 6.61 Å². The number of hydrogen-bond donors (Lipinski definition) is 2. The number of para-hydroxylation sites is 1. The maximum absolute atomic E-state index is 13.0. The van der Waals surface area contributed by atoms with Gasteiger partial charge in [0.25, 0.3) is 0 Å². The fourth-order valence-corrected chi connectivity index (χ4v) is 4.04. The smallest absolute Gasteiger partial charge is 0.422 e. The molecule has 39 heavy (non-hydrogen) atoms. The fourth-order valence-electron chi connectivity index (χ4n) is 4.04. The molecule has 0 amide bonds. The van der Waals surface area contributed by atoms with Crippen LogP contribution in [-0.2, 0) is 7.05 Å². The van der Waals surface area contributed by atoms with E-state index in [1.165, 1.54) is 13.1 Å². The zero-order chi connectivity index (χ0) is 28.3. The second-order valence-corrected chi connectivity index (χ2v) is 9.07. The highest BCUT2D eigenvalue weighted by atomic mass is 19.4. The van der Waals surface area contributed by atoms with Crippen molar-refractivity contribution in [1.82, 2.24) is 24.4 Å². The van der Waals surface area contributed by atoms with Crippen LogP contribution in [0.25, 0.3) is 22.2 Å². The highest BCUT2D eigenvalue weighted by molar-refractivity contribution is 5.95. The average Bonchev–Trinajstić information content (AvgIpc) is 3.20. The average molecular weight is 545 g/mol. The van der Waals surface area contributed by atoms with E-state index in [0.29, 0.717) is 12.2 Å². The molecular weight excluding hydrogens is 517 g/mol. The Hall–Kier alpha value is -4.46. The first kappa shape index (κ1) is 27.6. The van der Waals surface area contributed by atoms with Crippen LogP contribution in [0.15, 0.2) is 42.7 Å². The summed E-state index contributed by atoms with van der Waals surface area (Å²) in [6.45, 7) is 0.529. The van der Waals surface area contributed by atoms with Crippen LogP contribution in [0.4, 0.5) is 36.3 Å². The molecule has 0 aliphatic carbocycles. The van der Waals surface area contributed by atoms with Crippen LogP contribution in [0, 0.1) is 17.0 Å². The molecule has 0 saturated carbocycles. The van der Waals surface area contributed by atoms with E-state index < -0.39 is 29.3 Å². The van der Waals surface area contributed by atoms with Gasteiger partial charge in [0.05, 0.1) is 16.2 Å². The van der Waals surface area contributed by atoms with E-state index in [1.54, 1.807) is 6.07 Å². The number of aromatic nitrogens is 4. The van der Waals surface area contributed by atoms with Gasteiger partial charge in [0.1, 0.15) is 5.69 Å². The second kappa shape index (κ2) is 11.1. The molecule has 0 aliphatic heterocycles. The number of anilines is 3. The number of alkyl halides is 3. The van der Waals surface area contributed by atoms with Crippen LogP contribution in [0.2, 0.25) is 0 Å². The van der Waals surface area contributed by atoms with Gasteiger partial charge in [-0.3, -0.25) is 10.1 Å². The molecule has 0 bridgehead atoms. The summed E-state index contributed by atoms with van der Waals surface area (Å²) >= 11 is 0. The highest BCUT2D eigenvalue weighted by Gasteiger charge is 2.32. The molecule has 3 aromatic heterocycles. The normalized spacial score (nSPS) is 11.7. The zero-order valence-electron chi connectivity index (χ0n) is 21.7. The van der Waals surface area contributed by atoms with E-state index in [9.17, 15) is 23.3 Å². The number of halogens is 3. The van der Waals surface area contributed by atoms with Crippen molar-refractivity contribution in [2.75, 3.05) is 44.4 Å². The number of fused-ring (bicyclic) bond motifs is 1. The molecule has 14 heteroatoms. The summed E-state index contributed by atoms with van der Waals surface area (Å²) in [4.78, 5) is 25.9. The van der Waals surface area contributed by atoms with Crippen molar-refractivity contribution < 1.29 is 22.8 Å². The first-order valence-corrected chi connectivity index (χ1v) is 11.9. The molecule has 4 aromatic rings. The standard InChI is InChI=1S/C25H27F3N8O3/c1-15-20(23(39-14-25(26,27)28)33-22(21(15)36(37)38)29-11-12-34(2)3)32-24-30-10-9-18(31-24)17-13-35(4)19-8-6-5-7-16(17)19/h5-10,13H,11-12,14H2,1-4H3,(H,29,33)(H,30,31,32). The molecule has 0 fully saturated rings. The van der Waals surface area contributed by atoms with E-state index in [-0.39, 0.29) is 29.6 Å². The Morgan fingerprint density at radius 1 is 1.18 bits per heavy atom. The summed E-state index contributed by atoms with van der Waals surface area (Å²) < 4.78 is 46.1. The molecule has 1 aromatic carbocycles. The van der Waals surface area contributed by atoms with E-state index in [2.05, 4.69) is 25.6 Å². The van der Waals surface area contributed by atoms with Gasteiger partial charge >= 0.3 is 11.9 Å². The van der Waals surface area contributed by atoms with Crippen molar-refractivity contribution in [3.8, 4) is 17.1 Å². The van der Waals surface area contributed by atoms with Crippen molar-refractivity contribution in [2.45, 2.75) is 13.1 Å². The van der Waals surface area contributed by atoms with E-state index in [0.717, 1.165) is 16.5 Å². The summed E-state index contributed by atoms with van der Waals surface area (Å²) in [7, 11) is 5.52. The molecule has 0 saturated heterocycles. The predicted octanol–water partition coefficient (Wildman–Crippen LogP) is 4.91. The lowest BCUT2D eigenvalue weighted by molar-refractivity contribution is -0.384. The molecule has 206 valence electrons. The molecular formula is C25H27F3N8O3. The molecule has 4 rings (SSSR count). The summed E-state index contributed by atoms with van der Waals surface area (Å²) in [5.41, 5.74) is 1.81. The Labute approximate surface area is 221 Å². The third-order valence-electron chi connectivity index (χ3n) is 5.85. The largest absolute Gasteiger partial charge is 0.466 e. The second-order valence-electron chi connectivity index (χ2n) is 9.07. The first-order valence-electron chi connectivity index (χ1n) is 11.9. The van der Waals surface area contributed by atoms with Crippen LogP contribution >= 0.6 is 0 Å². The van der Waals surface area contributed by atoms with Crippen molar-refractivity contribution in [1.29, 1.82) is 0 Å². The lowest BCUT2D eigenvalue weighted by Gasteiger charge is -2.18. The number of rotatable bonds is 10. The molecule has 2 N–H and O–H groups in total. The van der Waals surface area contributed by atoms with Crippen LogP contribution < -0.4 is 15.4 Å². The number of nitrogens with zero attached hydrogens (tertiary/aromatic N) is 6. The van der Waals surface area contributed by atoms with Crippen LogP contribution in [-0.4, -0.2) is 69.3 Å². The molecule has 0 spiro atoms. The minimum atomic E-state index is -4.65. The number of hydrogen-bond acceptors (Lipinski definition) is 9. The Morgan fingerprint density at radius 2 is 1.92 bits per heavy atom. The zero-order valence-corrected chi connectivity index (χ0v) is 21.7. The summed E-state index contributed by atoms with van der Waals surface area (Å²) in [5.74, 6) is -0.667. The van der Waals surface area contributed by atoms with E-state index in [1.807, 2.05) is 61.1 Å². The van der Waals surface area contributed by atoms with Crippen molar-refractivity contribution in [2.24, 2.45) is 7.05 Å². The minimum Gasteiger partial charge on any atom is -0.466 e. The van der Waals surface area contributed by atoms with Gasteiger partial charge in [0.2, 0.25) is 17.6 Å². The van der Waals surface area contributed by atoms with Crippen LogP contribution in [0.5, 0.6) is 5.88 Å². The lowest BCUT2D eigenvalue weighted by Crippen LogP contribution is -2.23. The molecule has 11 nitrogen and oxygen atoms in total. The Kier molecular flexibility index (Phi) is 7.85. The topological polar surface area (TPSA) is 123 Å². The first-order chi connectivity index (χ1) is 18.4. The molecule has 0 unspecified atom stereocenters. The van der Waals surface area contributed by atoms with Gasteiger partial charge in [-0.1, -0.05) is 18.2 Å². The predicted molar refractivity (Wildman–Crippen MR) is 141 cm³/mol. The maximum Gasteiger partial charge on any atom is 0.422 e. The van der Waals surface area contributed by atoms with Crippen LogP contribution in [0.1, 0.15) is 5.56 Å². The van der Waals surface area contributed by atoms with Crippen molar-refractivity contribution in [3.05, 3.63) is 58.4 Å². The quantitative estimate of drug-likeness (QED) is 0.212. The number of ether oxygens (including phenoxy) is 1. The van der Waals surface area contributed by atoms with Crippen molar-refractivity contribution >= 4 is 34.0 Å². The van der Waals surface area contributed by atoms with Gasteiger partial charge in [-0.15, -0.1) is 0 Å². The summed E-state index contributed by atoms with van der Waals surface area (Å²) in [5, 5.41) is 18.6. The van der Waals surface area contributed by atoms with Gasteiger partial charge in [-0.25, -0.2) is 9.97 Å². The third kappa shape index (κ3) is 6.34. The minimum absolute atomic E-state index is 0.00445. The Morgan fingerprint density at radius 3 is 2.62 bits per heavy atom. The molecule has 0 aliphatic rings. The number of nitrogens with one attached hydrogen (secondary N) is 2. The molecule has 0 atom stereocenters. The van der Waals surface area contributed by atoms with Gasteiger partial charge in [-0.05, 0) is 33.2 Å². The van der Waals surface area contributed by atoms with E-state index >= 15 is 0 Å². The Bertz CT molecular complexity index is 1500. The van der Waals surface area contributed by atoms with Crippen molar-refractivity contribution in [3.63, 3.8) is 0 Å². The number of nitro groups is 1. The third-order valence-corrected chi connectivity index (χ3v) is 5.85. The highest BCUT2D eigenvalue weighted by Crippen LogP contribution is 2.40. The summed E-state index contributed by atoms with van der Waals surface area (Å²) in [6, 6.07) is 9.43. The number of benzene rings is 1. The summed E-state index contributed by atoms with van der Waals surface area (Å²) in [6.07, 6.45) is -1.27. The van der Waals surface area contributed by atoms with Gasteiger partial charge in [0, 0.05) is 49.0 Å². The Balaban J connectivity index is 1.76. The lowest BCUT2D eigenvalue weighted by atomic mass is 10.1. The fraction of sp³-hybridized carbons (Fsp3) is 0.320. The van der Waals surface area contributed by atoms with Gasteiger partial charge in [-0.2, -0.15) is 18.2 Å². The monoisotopic (exact) mass is 544 g/mol. The van der Waals surface area contributed by atoms with E-state index in [4.69, 9.17) is 4.74 Å². The SMILES string of the molecule is Cc1c(Nc2nccc(-c3cn(C)c4ccccc34)n2)c(OCC(F)(F)F)nc(NCCN(C)C)c1[N+](=O)[O-]. The molecule has 0 radical (unpaired) electrons. The van der Waals surface area contributed by atoms with Crippen LogP contribution in [0.3, 0.4) is 0 Å². The number of pyridine rings is 1. The van der Waals surface area contributed by atoms with Gasteiger partial charge < -0.3 is 24.8 Å². The number of likely N-dealkylation sites (N-methyl/N-ethyl adjacent to an activating group) is 1. The maximum atomic E-state index is 13.0. The number of aryl methyl sites for hydroxylation is 1. The molecule has 3 heterocycles.